The monoisotopic (exact) mass is 1110 g/mol. The van der Waals surface area contributed by atoms with Gasteiger partial charge in [0.1, 0.15) is 13.2 Å². The van der Waals surface area contributed by atoms with Crippen LogP contribution in [0, 0.1) is 0 Å². The van der Waals surface area contributed by atoms with Crippen molar-refractivity contribution in [3.8, 4) is 0 Å². The van der Waals surface area contributed by atoms with Crippen molar-refractivity contribution < 1.29 is 28.6 Å². The lowest BCUT2D eigenvalue weighted by atomic mass is 10.0. The maximum atomic E-state index is 12.9. The van der Waals surface area contributed by atoms with Gasteiger partial charge in [-0.25, -0.2) is 0 Å². The summed E-state index contributed by atoms with van der Waals surface area (Å²) in [5, 5.41) is 0. The van der Waals surface area contributed by atoms with Crippen LogP contribution in [0.4, 0.5) is 0 Å². The van der Waals surface area contributed by atoms with Gasteiger partial charge in [0.25, 0.3) is 0 Å². The molecule has 6 nitrogen and oxygen atoms in total. The van der Waals surface area contributed by atoms with E-state index in [1.807, 2.05) is 0 Å². The summed E-state index contributed by atoms with van der Waals surface area (Å²) in [6.45, 7) is 6.48. The molecule has 0 amide bonds. The van der Waals surface area contributed by atoms with Gasteiger partial charge >= 0.3 is 17.9 Å². The Bertz CT molecular complexity index is 1520. The molecule has 0 saturated heterocycles. The van der Waals surface area contributed by atoms with Gasteiger partial charge in [-0.15, -0.1) is 0 Å². The molecule has 80 heavy (non-hydrogen) atoms. The van der Waals surface area contributed by atoms with Crippen LogP contribution in [0.25, 0.3) is 0 Å². The van der Waals surface area contributed by atoms with Crippen molar-refractivity contribution in [1.29, 1.82) is 0 Å². The van der Waals surface area contributed by atoms with E-state index in [-0.39, 0.29) is 37.5 Å². The first kappa shape index (κ1) is 76.6. The van der Waals surface area contributed by atoms with Crippen LogP contribution >= 0.6 is 0 Å². The number of carbonyl (C=O) groups is 3. The summed E-state index contributed by atoms with van der Waals surface area (Å²) >= 11 is 0. The van der Waals surface area contributed by atoms with Crippen LogP contribution in [0.5, 0.6) is 0 Å². The van der Waals surface area contributed by atoms with Crippen LogP contribution in [0.1, 0.15) is 348 Å². The molecule has 0 aromatic rings. The Kier molecular flexibility index (Phi) is 65.2. The van der Waals surface area contributed by atoms with E-state index < -0.39 is 6.10 Å². The molecule has 0 bridgehead atoms. The molecule has 0 rings (SSSR count). The van der Waals surface area contributed by atoms with Gasteiger partial charge in [0.05, 0.1) is 0 Å². The van der Waals surface area contributed by atoms with E-state index in [0.717, 1.165) is 89.9 Å². The fraction of sp³-hybridized carbons (Fsp3) is 0.770. The summed E-state index contributed by atoms with van der Waals surface area (Å²) in [6.07, 6.45) is 90.7. The van der Waals surface area contributed by atoms with Crippen molar-refractivity contribution in [2.24, 2.45) is 0 Å². The van der Waals surface area contributed by atoms with Crippen LogP contribution in [0.15, 0.2) is 85.1 Å². The highest BCUT2D eigenvalue weighted by molar-refractivity contribution is 5.71. The molecule has 462 valence electrons. The van der Waals surface area contributed by atoms with Crippen molar-refractivity contribution >= 4 is 17.9 Å². The van der Waals surface area contributed by atoms with E-state index in [4.69, 9.17) is 14.2 Å². The summed E-state index contributed by atoms with van der Waals surface area (Å²) in [6, 6.07) is 0. The first-order chi connectivity index (χ1) is 39.5. The van der Waals surface area contributed by atoms with Gasteiger partial charge in [0.2, 0.25) is 0 Å². The maximum absolute atomic E-state index is 12.9. The SMILES string of the molecule is CC/C=C\C/C=C\C/C=C\C/C=C\C/C=C\CCCC(=O)OC(COC(=O)CCCCCCC/C=C\CCCCC)COC(=O)CCCCCCCCCCCCCCCCCCCCCCC/C=C\CCCCCCCCCC. The number of carbonyl (C=O) groups excluding carboxylic acids is 3. The van der Waals surface area contributed by atoms with Gasteiger partial charge in [-0.2, -0.15) is 0 Å². The number of ether oxygens (including phenoxy) is 3. The fourth-order valence-electron chi connectivity index (χ4n) is 9.94. The zero-order chi connectivity index (χ0) is 57.8. The van der Waals surface area contributed by atoms with Gasteiger partial charge in [0.15, 0.2) is 6.10 Å². The number of hydrogen-bond donors (Lipinski definition) is 0. The highest BCUT2D eigenvalue weighted by atomic mass is 16.6. The Labute approximate surface area is 496 Å². The third kappa shape index (κ3) is 65.4. The second-order valence-electron chi connectivity index (χ2n) is 23.1. The molecule has 0 heterocycles. The Morgan fingerprint density at radius 3 is 0.838 bits per heavy atom. The van der Waals surface area contributed by atoms with Gasteiger partial charge in [-0.1, -0.05) is 305 Å². The van der Waals surface area contributed by atoms with Gasteiger partial charge in [0, 0.05) is 19.3 Å². The molecule has 1 unspecified atom stereocenters. The minimum Gasteiger partial charge on any atom is -0.462 e. The lowest BCUT2D eigenvalue weighted by molar-refractivity contribution is -0.167. The summed E-state index contributed by atoms with van der Waals surface area (Å²) in [7, 11) is 0. The molecule has 0 aromatic carbocycles. The first-order valence-corrected chi connectivity index (χ1v) is 34.6. The molecule has 0 saturated carbocycles. The molecular formula is C74H130O6. The summed E-state index contributed by atoms with van der Waals surface area (Å²) in [5.41, 5.74) is 0. The van der Waals surface area contributed by atoms with E-state index in [1.165, 1.54) is 212 Å². The van der Waals surface area contributed by atoms with Crippen LogP contribution in [-0.2, 0) is 28.6 Å². The minimum atomic E-state index is -0.809. The Hall–Kier alpha value is -3.41. The normalized spacial score (nSPS) is 12.6. The van der Waals surface area contributed by atoms with Gasteiger partial charge < -0.3 is 14.2 Å². The molecule has 0 aliphatic rings. The van der Waals surface area contributed by atoms with Crippen LogP contribution in [0.2, 0.25) is 0 Å². The molecule has 1 atom stereocenters. The van der Waals surface area contributed by atoms with Crippen molar-refractivity contribution in [3.05, 3.63) is 85.1 Å². The molecule has 0 radical (unpaired) electrons. The standard InChI is InChI=1S/C74H130O6/c1-4-7-10-13-16-19-22-25-27-29-30-31-32-33-34-35-36-37-38-39-40-41-42-43-44-46-47-49-52-55-58-61-64-67-73(76)79-70-71(69-78-72(75)66-63-60-57-54-51-24-21-18-15-12-9-6-3)80-74(77)68-65-62-59-56-53-50-48-45-28-26-23-20-17-14-11-8-5-2/h8,11,17-18,20-21,26,28-30,48,50,56,59,71H,4-7,9-10,12-16,19,22-25,27,31-47,49,51-55,57-58,60-70H2,1-3H3/b11-8-,20-17-,21-18-,28-26-,30-29-,50-48-,59-56-. The largest absolute Gasteiger partial charge is 0.462 e. The van der Waals surface area contributed by atoms with Crippen molar-refractivity contribution in [2.75, 3.05) is 13.2 Å². The minimum absolute atomic E-state index is 0.0992. The average Bonchev–Trinajstić information content (AvgIpc) is 3.46. The number of hydrogen-bond acceptors (Lipinski definition) is 6. The van der Waals surface area contributed by atoms with E-state index in [1.54, 1.807) is 0 Å². The van der Waals surface area contributed by atoms with Crippen molar-refractivity contribution in [3.63, 3.8) is 0 Å². The first-order valence-electron chi connectivity index (χ1n) is 34.6. The van der Waals surface area contributed by atoms with Crippen molar-refractivity contribution in [1.82, 2.24) is 0 Å². The smallest absolute Gasteiger partial charge is 0.306 e. The Morgan fingerprint density at radius 1 is 0.263 bits per heavy atom. The predicted octanol–water partition coefficient (Wildman–Crippen LogP) is 23.8. The highest BCUT2D eigenvalue weighted by Gasteiger charge is 2.19. The van der Waals surface area contributed by atoms with Gasteiger partial charge in [-0.05, 0) is 109 Å². The Morgan fingerprint density at radius 2 is 0.500 bits per heavy atom. The van der Waals surface area contributed by atoms with Gasteiger partial charge in [-0.3, -0.25) is 14.4 Å². The summed E-state index contributed by atoms with van der Waals surface area (Å²) in [5.74, 6) is -0.955. The van der Waals surface area contributed by atoms with E-state index in [9.17, 15) is 14.4 Å². The zero-order valence-electron chi connectivity index (χ0n) is 53.1. The molecule has 0 aromatic heterocycles. The second kappa shape index (κ2) is 68.1. The topological polar surface area (TPSA) is 78.9 Å². The Balaban J connectivity index is 4.16. The van der Waals surface area contributed by atoms with Crippen LogP contribution in [0.3, 0.4) is 0 Å². The molecule has 0 fully saturated rings. The molecule has 0 aliphatic heterocycles. The number of rotatable bonds is 63. The maximum Gasteiger partial charge on any atom is 0.306 e. The lowest BCUT2D eigenvalue weighted by Crippen LogP contribution is -2.30. The molecular weight excluding hydrogens is 985 g/mol. The van der Waals surface area contributed by atoms with E-state index in [2.05, 4.69) is 106 Å². The number of allylic oxidation sites excluding steroid dienone is 14. The predicted molar refractivity (Wildman–Crippen MR) is 348 cm³/mol. The number of esters is 3. The third-order valence-electron chi connectivity index (χ3n) is 15.1. The lowest BCUT2D eigenvalue weighted by Gasteiger charge is -2.18. The molecule has 0 spiro atoms. The quantitative estimate of drug-likeness (QED) is 0.0261. The fourth-order valence-corrected chi connectivity index (χ4v) is 9.94. The van der Waals surface area contributed by atoms with E-state index in [0.29, 0.717) is 19.3 Å². The highest BCUT2D eigenvalue weighted by Crippen LogP contribution is 2.17. The van der Waals surface area contributed by atoms with E-state index >= 15 is 0 Å². The van der Waals surface area contributed by atoms with Crippen molar-refractivity contribution in [2.45, 2.75) is 354 Å². The van der Waals surface area contributed by atoms with Crippen LogP contribution in [-0.4, -0.2) is 37.2 Å². The average molecular weight is 1120 g/mol. The summed E-state index contributed by atoms with van der Waals surface area (Å²) < 4.78 is 16.9. The molecule has 6 heteroatoms. The second-order valence-corrected chi connectivity index (χ2v) is 23.1. The molecule has 0 aliphatic carbocycles. The molecule has 0 N–H and O–H groups in total. The summed E-state index contributed by atoms with van der Waals surface area (Å²) in [4.78, 5) is 38.3. The number of unbranched alkanes of at least 4 members (excludes halogenated alkanes) is 38. The zero-order valence-corrected chi connectivity index (χ0v) is 53.1. The van der Waals surface area contributed by atoms with Crippen LogP contribution < -0.4 is 0 Å². The third-order valence-corrected chi connectivity index (χ3v) is 15.1.